The molecule has 0 aromatic rings. The van der Waals surface area contributed by atoms with Crippen molar-refractivity contribution in [3.63, 3.8) is 0 Å². The minimum absolute atomic E-state index is 0.00344. The van der Waals surface area contributed by atoms with E-state index in [9.17, 15) is 9.59 Å². The van der Waals surface area contributed by atoms with Gasteiger partial charge in [0.2, 0.25) is 5.91 Å². The second kappa shape index (κ2) is 26.5. The highest BCUT2D eigenvalue weighted by Gasteiger charge is 2.00. The van der Waals surface area contributed by atoms with Crippen molar-refractivity contribution in [2.24, 2.45) is 0 Å². The number of aliphatic carboxylic acids is 1. The van der Waals surface area contributed by atoms with Gasteiger partial charge in [0.1, 0.15) is 13.3 Å². The second-order valence-corrected chi connectivity index (χ2v) is 7.85. The first-order valence-corrected chi connectivity index (χ1v) is 12.5. The standard InChI is InChI=1S/C25H46N2O6/c1-2-3-4-5-6-7-8-9-10-11-12-13-14-15-16-17-24(28)27-18-19-31-20-21-32-33-23-26-22-25(29)30/h6-7,9-10,26H,2-5,8,11-23H2,1H3,(H,27,28)(H,29,30). The molecule has 0 rings (SSSR count). The molecule has 8 nitrogen and oxygen atoms in total. The minimum atomic E-state index is -0.959. The number of carbonyl (C=O) groups is 2. The van der Waals surface area contributed by atoms with Crippen molar-refractivity contribution >= 4 is 11.9 Å². The highest BCUT2D eigenvalue weighted by Crippen LogP contribution is 2.08. The van der Waals surface area contributed by atoms with E-state index in [0.29, 0.717) is 26.2 Å². The molecular weight excluding hydrogens is 424 g/mol. The summed E-state index contributed by atoms with van der Waals surface area (Å²) in [5.74, 6) is -0.896. The molecule has 8 heteroatoms. The molecule has 0 atom stereocenters. The molecule has 3 N–H and O–H groups in total. The molecule has 0 radical (unpaired) electrons. The van der Waals surface area contributed by atoms with Crippen molar-refractivity contribution in [1.82, 2.24) is 10.6 Å². The third-order valence-corrected chi connectivity index (χ3v) is 4.75. The molecule has 0 saturated heterocycles. The Hall–Kier alpha value is -1.74. The van der Waals surface area contributed by atoms with Crippen LogP contribution in [0.2, 0.25) is 0 Å². The molecule has 1 amide bonds. The summed E-state index contributed by atoms with van der Waals surface area (Å²) >= 11 is 0. The van der Waals surface area contributed by atoms with E-state index in [-0.39, 0.29) is 25.8 Å². The number of hydrogen-bond donors (Lipinski definition) is 3. The summed E-state index contributed by atoms with van der Waals surface area (Å²) in [6.07, 6.45) is 22.6. The van der Waals surface area contributed by atoms with Crippen LogP contribution in [0.1, 0.15) is 84.0 Å². The molecule has 0 unspecified atom stereocenters. The molecule has 0 aliphatic rings. The number of nitrogens with one attached hydrogen (secondary N) is 2. The fraction of sp³-hybridized carbons (Fsp3) is 0.760. The molecule has 0 aromatic heterocycles. The largest absolute Gasteiger partial charge is 0.480 e. The summed E-state index contributed by atoms with van der Waals surface area (Å²) in [4.78, 5) is 31.6. The smallest absolute Gasteiger partial charge is 0.317 e. The molecule has 0 bridgehead atoms. The predicted octanol–water partition coefficient (Wildman–Crippen LogP) is 4.51. The Bertz CT molecular complexity index is 511. The summed E-state index contributed by atoms with van der Waals surface area (Å²) < 4.78 is 5.32. The summed E-state index contributed by atoms with van der Waals surface area (Å²) in [6.45, 7) is 3.49. The lowest BCUT2D eigenvalue weighted by molar-refractivity contribution is -0.302. The van der Waals surface area contributed by atoms with Gasteiger partial charge in [0.15, 0.2) is 0 Å². The zero-order valence-corrected chi connectivity index (χ0v) is 20.5. The predicted molar refractivity (Wildman–Crippen MR) is 131 cm³/mol. The van der Waals surface area contributed by atoms with Crippen molar-refractivity contribution in [2.45, 2.75) is 84.0 Å². The van der Waals surface area contributed by atoms with Gasteiger partial charge in [-0.2, -0.15) is 0 Å². The van der Waals surface area contributed by atoms with Crippen LogP contribution >= 0.6 is 0 Å². The number of carboxylic acids is 1. The molecule has 0 aliphatic heterocycles. The first-order chi connectivity index (χ1) is 16.2. The van der Waals surface area contributed by atoms with Crippen LogP contribution in [0.5, 0.6) is 0 Å². The number of unbranched alkanes of at least 4 members (excludes halogenated alkanes) is 8. The van der Waals surface area contributed by atoms with Crippen molar-refractivity contribution in [3.8, 4) is 0 Å². The molecule has 0 fully saturated rings. The number of carboxylic acid groups (broad SMARTS) is 1. The lowest BCUT2D eigenvalue weighted by Gasteiger charge is -2.07. The van der Waals surface area contributed by atoms with Crippen LogP contribution in [-0.4, -0.2) is 56.6 Å². The Kier molecular flexibility index (Phi) is 25.1. The van der Waals surface area contributed by atoms with Crippen molar-refractivity contribution < 1.29 is 29.2 Å². The molecule has 0 heterocycles. The van der Waals surface area contributed by atoms with Gasteiger partial charge >= 0.3 is 5.97 Å². The maximum absolute atomic E-state index is 11.8. The SMILES string of the molecule is CCCCCC=CCC=CCCCCCCCC(=O)NCCOCCOOCNCC(=O)O. The first kappa shape index (κ1) is 31.3. The van der Waals surface area contributed by atoms with Gasteiger partial charge in [-0.1, -0.05) is 63.3 Å². The number of rotatable bonds is 25. The molecular formula is C25H46N2O6. The van der Waals surface area contributed by atoms with E-state index < -0.39 is 5.97 Å². The Morgan fingerprint density at radius 1 is 0.818 bits per heavy atom. The van der Waals surface area contributed by atoms with Crippen molar-refractivity contribution in [3.05, 3.63) is 24.3 Å². The minimum Gasteiger partial charge on any atom is -0.480 e. The molecule has 33 heavy (non-hydrogen) atoms. The normalized spacial score (nSPS) is 11.5. The summed E-state index contributed by atoms with van der Waals surface area (Å²) in [7, 11) is 0. The molecule has 0 saturated carbocycles. The molecule has 0 aromatic carbocycles. The highest BCUT2D eigenvalue weighted by molar-refractivity contribution is 5.75. The van der Waals surface area contributed by atoms with Crippen LogP contribution in [0.25, 0.3) is 0 Å². The van der Waals surface area contributed by atoms with Crippen LogP contribution < -0.4 is 10.6 Å². The number of amides is 1. The van der Waals surface area contributed by atoms with Gasteiger partial charge in [0.25, 0.3) is 0 Å². The van der Waals surface area contributed by atoms with E-state index in [4.69, 9.17) is 19.6 Å². The van der Waals surface area contributed by atoms with E-state index in [1.165, 1.54) is 44.9 Å². The fourth-order valence-electron chi connectivity index (χ4n) is 2.94. The number of hydrogen-bond acceptors (Lipinski definition) is 6. The van der Waals surface area contributed by atoms with Crippen LogP contribution in [0, 0.1) is 0 Å². The number of carbonyl (C=O) groups excluding carboxylic acids is 1. The maximum atomic E-state index is 11.8. The van der Waals surface area contributed by atoms with E-state index in [1.54, 1.807) is 0 Å². The third kappa shape index (κ3) is 28.2. The van der Waals surface area contributed by atoms with Crippen LogP contribution in [0.4, 0.5) is 0 Å². The van der Waals surface area contributed by atoms with Gasteiger partial charge in [-0.15, -0.1) is 0 Å². The van der Waals surface area contributed by atoms with E-state index >= 15 is 0 Å². The lowest BCUT2D eigenvalue weighted by Crippen LogP contribution is -2.27. The van der Waals surface area contributed by atoms with Crippen molar-refractivity contribution in [1.29, 1.82) is 0 Å². The second-order valence-electron chi connectivity index (χ2n) is 7.85. The summed E-state index contributed by atoms with van der Waals surface area (Å²) in [6, 6.07) is 0. The Labute approximate surface area is 200 Å². The van der Waals surface area contributed by atoms with Crippen molar-refractivity contribution in [2.75, 3.05) is 39.6 Å². The first-order valence-electron chi connectivity index (χ1n) is 12.5. The topological polar surface area (TPSA) is 106 Å². The lowest BCUT2D eigenvalue weighted by atomic mass is 10.1. The van der Waals surface area contributed by atoms with Crippen LogP contribution in [0.3, 0.4) is 0 Å². The zero-order chi connectivity index (χ0) is 24.2. The van der Waals surface area contributed by atoms with E-state index in [0.717, 1.165) is 25.7 Å². The van der Waals surface area contributed by atoms with Crippen LogP contribution in [-0.2, 0) is 24.1 Å². The molecule has 192 valence electrons. The van der Waals surface area contributed by atoms with Gasteiger partial charge in [-0.25, -0.2) is 9.78 Å². The fourth-order valence-corrected chi connectivity index (χ4v) is 2.94. The van der Waals surface area contributed by atoms with E-state index in [2.05, 4.69) is 41.9 Å². The van der Waals surface area contributed by atoms with Gasteiger partial charge < -0.3 is 15.2 Å². The third-order valence-electron chi connectivity index (χ3n) is 4.75. The van der Waals surface area contributed by atoms with Gasteiger partial charge in [0.05, 0.1) is 19.8 Å². The van der Waals surface area contributed by atoms with Gasteiger partial charge in [-0.05, 0) is 38.5 Å². The number of ether oxygens (including phenoxy) is 1. The average Bonchev–Trinajstić information content (AvgIpc) is 2.79. The maximum Gasteiger partial charge on any atom is 0.317 e. The number of allylic oxidation sites excluding steroid dienone is 4. The van der Waals surface area contributed by atoms with Gasteiger partial charge in [-0.3, -0.25) is 14.9 Å². The quantitative estimate of drug-likeness (QED) is 0.0592. The average molecular weight is 471 g/mol. The molecule has 0 spiro atoms. The Morgan fingerprint density at radius 3 is 2.24 bits per heavy atom. The summed E-state index contributed by atoms with van der Waals surface area (Å²) in [5, 5.41) is 13.8. The highest BCUT2D eigenvalue weighted by atomic mass is 17.2. The van der Waals surface area contributed by atoms with Crippen LogP contribution in [0.15, 0.2) is 24.3 Å². The zero-order valence-electron chi connectivity index (χ0n) is 20.5. The monoisotopic (exact) mass is 470 g/mol. The Balaban J connectivity index is 3.26. The van der Waals surface area contributed by atoms with Gasteiger partial charge in [0, 0.05) is 13.0 Å². The molecule has 0 aliphatic carbocycles. The Morgan fingerprint density at radius 2 is 1.52 bits per heavy atom. The summed E-state index contributed by atoms with van der Waals surface area (Å²) in [5.41, 5.74) is 0. The van der Waals surface area contributed by atoms with E-state index in [1.807, 2.05) is 0 Å².